The summed E-state index contributed by atoms with van der Waals surface area (Å²) < 4.78 is 5.15. The summed E-state index contributed by atoms with van der Waals surface area (Å²) in [6, 6.07) is 3.73. The van der Waals surface area contributed by atoms with Gasteiger partial charge in [0.15, 0.2) is 5.76 Å². The second-order valence-electron chi connectivity index (χ2n) is 6.31. The Kier molecular flexibility index (Phi) is 3.79. The molecule has 3 heteroatoms. The number of carbonyl (C=O) groups is 1. The molecule has 1 aromatic heterocycles. The van der Waals surface area contributed by atoms with Crippen molar-refractivity contribution in [1.82, 2.24) is 5.32 Å². The number of nitrogens with one attached hydrogen (secondary N) is 1. The highest BCUT2D eigenvalue weighted by Gasteiger charge is 2.35. The van der Waals surface area contributed by atoms with Crippen molar-refractivity contribution in [2.75, 3.05) is 0 Å². The average molecular weight is 249 g/mol. The van der Waals surface area contributed by atoms with E-state index in [0.29, 0.717) is 11.7 Å². The highest BCUT2D eigenvalue weighted by molar-refractivity contribution is 5.91. The van der Waals surface area contributed by atoms with E-state index in [9.17, 15) is 4.79 Å². The smallest absolute Gasteiger partial charge is 0.287 e. The van der Waals surface area contributed by atoms with E-state index < -0.39 is 0 Å². The molecule has 1 aromatic rings. The lowest BCUT2D eigenvalue weighted by atomic mass is 9.69. The molecule has 0 unspecified atom stereocenters. The summed E-state index contributed by atoms with van der Waals surface area (Å²) in [5.74, 6) is 0.875. The van der Waals surface area contributed by atoms with Crippen molar-refractivity contribution >= 4 is 5.91 Å². The van der Waals surface area contributed by atoms with Gasteiger partial charge in [0, 0.05) is 6.04 Å². The van der Waals surface area contributed by atoms with E-state index >= 15 is 0 Å². The molecule has 1 amide bonds. The second kappa shape index (κ2) is 5.17. The van der Waals surface area contributed by atoms with Crippen molar-refractivity contribution < 1.29 is 9.21 Å². The fraction of sp³-hybridized carbons (Fsp3) is 0.667. The van der Waals surface area contributed by atoms with Crippen LogP contribution in [0.2, 0.25) is 0 Å². The minimum atomic E-state index is -0.0823. The van der Waals surface area contributed by atoms with Gasteiger partial charge in [-0.3, -0.25) is 4.79 Å². The number of carbonyl (C=O) groups excluding carboxylic acids is 1. The predicted octanol–water partition coefficient (Wildman–Crippen LogP) is 3.61. The highest BCUT2D eigenvalue weighted by atomic mass is 16.3. The van der Waals surface area contributed by atoms with Gasteiger partial charge in [-0.2, -0.15) is 0 Å². The van der Waals surface area contributed by atoms with Crippen LogP contribution < -0.4 is 5.32 Å². The van der Waals surface area contributed by atoms with Crippen molar-refractivity contribution in [3.63, 3.8) is 0 Å². The molecule has 0 aromatic carbocycles. The van der Waals surface area contributed by atoms with Crippen LogP contribution in [0.4, 0.5) is 0 Å². The first-order valence-electron chi connectivity index (χ1n) is 6.83. The van der Waals surface area contributed by atoms with E-state index in [1.165, 1.54) is 25.5 Å². The molecule has 0 aliphatic heterocycles. The van der Waals surface area contributed by atoms with Crippen LogP contribution in [-0.4, -0.2) is 11.9 Å². The molecule has 100 valence electrons. The zero-order chi connectivity index (χ0) is 13.2. The third kappa shape index (κ3) is 2.95. The monoisotopic (exact) mass is 249 g/mol. The normalized spacial score (nSPS) is 24.8. The summed E-state index contributed by atoms with van der Waals surface area (Å²) in [6.45, 7) is 6.78. The van der Waals surface area contributed by atoms with Gasteiger partial charge >= 0.3 is 0 Å². The highest BCUT2D eigenvalue weighted by Crippen LogP contribution is 2.38. The minimum Gasteiger partial charge on any atom is -0.459 e. The summed E-state index contributed by atoms with van der Waals surface area (Å²) in [4.78, 5) is 12.0. The molecule has 1 N–H and O–H groups in total. The molecule has 2 atom stereocenters. The Morgan fingerprint density at radius 2 is 2.06 bits per heavy atom. The Morgan fingerprint density at radius 3 is 2.67 bits per heavy atom. The molecule has 2 rings (SSSR count). The van der Waals surface area contributed by atoms with Crippen LogP contribution in [-0.2, 0) is 0 Å². The number of hydrogen-bond acceptors (Lipinski definition) is 2. The molecular formula is C15H23NO2. The molecule has 0 bridgehead atoms. The van der Waals surface area contributed by atoms with Crippen LogP contribution in [0, 0.1) is 11.3 Å². The van der Waals surface area contributed by atoms with Crippen molar-refractivity contribution in [2.45, 2.75) is 52.5 Å². The summed E-state index contributed by atoms with van der Waals surface area (Å²) in [7, 11) is 0. The van der Waals surface area contributed by atoms with Crippen LogP contribution >= 0.6 is 0 Å². The number of amides is 1. The first-order chi connectivity index (χ1) is 8.48. The van der Waals surface area contributed by atoms with Gasteiger partial charge in [0.1, 0.15) is 0 Å². The van der Waals surface area contributed by atoms with Gasteiger partial charge in [-0.1, -0.05) is 33.6 Å². The van der Waals surface area contributed by atoms with E-state index in [2.05, 4.69) is 26.1 Å². The zero-order valence-corrected chi connectivity index (χ0v) is 11.5. The van der Waals surface area contributed by atoms with Crippen LogP contribution in [0.15, 0.2) is 22.8 Å². The minimum absolute atomic E-state index is 0.0823. The average Bonchev–Trinajstić information content (AvgIpc) is 2.81. The summed E-state index contributed by atoms with van der Waals surface area (Å²) in [6.07, 6.45) is 6.29. The van der Waals surface area contributed by atoms with Gasteiger partial charge in [-0.25, -0.2) is 0 Å². The maximum Gasteiger partial charge on any atom is 0.287 e. The Bertz CT molecular complexity index is 389. The van der Waals surface area contributed by atoms with E-state index in [-0.39, 0.29) is 17.4 Å². The lowest BCUT2D eigenvalue weighted by Crippen LogP contribution is -2.46. The van der Waals surface area contributed by atoms with Crippen molar-refractivity contribution in [1.29, 1.82) is 0 Å². The van der Waals surface area contributed by atoms with Crippen LogP contribution in [0.5, 0.6) is 0 Å². The van der Waals surface area contributed by atoms with Crippen LogP contribution in [0.1, 0.15) is 57.0 Å². The molecule has 0 saturated heterocycles. The maximum absolute atomic E-state index is 12.0. The molecule has 1 saturated carbocycles. The Labute approximate surface area is 109 Å². The summed E-state index contributed by atoms with van der Waals surface area (Å²) in [5, 5.41) is 3.15. The molecule has 1 fully saturated rings. The number of furan rings is 1. The standard InChI is InChI=1S/C15H23NO2/c1-15(2,3)11-7-4-5-8-12(11)16-14(17)13-9-6-10-18-13/h6,9-12H,4-5,7-8H2,1-3H3,(H,16,17)/t11-,12+/m1/s1. The lowest BCUT2D eigenvalue weighted by molar-refractivity contribution is 0.0804. The summed E-state index contributed by atoms with van der Waals surface area (Å²) in [5.41, 5.74) is 0.238. The van der Waals surface area contributed by atoms with Crippen LogP contribution in [0.3, 0.4) is 0 Å². The number of hydrogen-bond donors (Lipinski definition) is 1. The molecular weight excluding hydrogens is 226 g/mol. The fourth-order valence-corrected chi connectivity index (χ4v) is 2.99. The third-order valence-corrected chi connectivity index (χ3v) is 3.94. The molecule has 0 radical (unpaired) electrons. The van der Waals surface area contributed by atoms with Gasteiger partial charge in [0.25, 0.3) is 5.91 Å². The Hall–Kier alpha value is -1.25. The first kappa shape index (κ1) is 13.2. The first-order valence-corrected chi connectivity index (χ1v) is 6.83. The molecule has 1 heterocycles. The van der Waals surface area contributed by atoms with Gasteiger partial charge in [-0.05, 0) is 36.3 Å². The van der Waals surface area contributed by atoms with E-state index in [1.807, 2.05) is 0 Å². The lowest BCUT2D eigenvalue weighted by Gasteiger charge is -2.40. The summed E-state index contributed by atoms with van der Waals surface area (Å²) >= 11 is 0. The van der Waals surface area contributed by atoms with Gasteiger partial charge in [0.2, 0.25) is 0 Å². The molecule has 3 nitrogen and oxygen atoms in total. The Balaban J connectivity index is 2.04. The Morgan fingerprint density at radius 1 is 1.33 bits per heavy atom. The fourth-order valence-electron chi connectivity index (χ4n) is 2.99. The third-order valence-electron chi connectivity index (χ3n) is 3.94. The van der Waals surface area contributed by atoms with Crippen LogP contribution in [0.25, 0.3) is 0 Å². The van der Waals surface area contributed by atoms with Crippen molar-refractivity contribution in [3.05, 3.63) is 24.2 Å². The molecule has 18 heavy (non-hydrogen) atoms. The molecule has 1 aliphatic carbocycles. The zero-order valence-electron chi connectivity index (χ0n) is 11.5. The predicted molar refractivity (Wildman–Crippen MR) is 71.4 cm³/mol. The van der Waals surface area contributed by atoms with E-state index in [1.54, 1.807) is 12.1 Å². The van der Waals surface area contributed by atoms with Crippen molar-refractivity contribution in [2.24, 2.45) is 11.3 Å². The second-order valence-corrected chi connectivity index (χ2v) is 6.31. The van der Waals surface area contributed by atoms with Gasteiger partial charge in [0.05, 0.1) is 6.26 Å². The topological polar surface area (TPSA) is 42.2 Å². The van der Waals surface area contributed by atoms with Gasteiger partial charge < -0.3 is 9.73 Å². The SMILES string of the molecule is CC(C)(C)[C@@H]1CCCC[C@@H]1NC(=O)c1ccco1. The largest absolute Gasteiger partial charge is 0.459 e. The number of rotatable bonds is 2. The van der Waals surface area contributed by atoms with Gasteiger partial charge in [-0.15, -0.1) is 0 Å². The molecule has 1 aliphatic rings. The van der Waals surface area contributed by atoms with E-state index in [4.69, 9.17) is 4.42 Å². The van der Waals surface area contributed by atoms with E-state index in [0.717, 1.165) is 6.42 Å². The maximum atomic E-state index is 12.0. The van der Waals surface area contributed by atoms with Crippen molar-refractivity contribution in [3.8, 4) is 0 Å². The molecule has 0 spiro atoms. The quantitative estimate of drug-likeness (QED) is 0.870.